The summed E-state index contributed by atoms with van der Waals surface area (Å²) in [5.74, 6) is 0.466. The molecule has 0 aliphatic heterocycles. The van der Waals surface area contributed by atoms with Crippen LogP contribution < -0.4 is 5.73 Å². The molecule has 5 heteroatoms. The van der Waals surface area contributed by atoms with Gasteiger partial charge in [-0.05, 0) is 38.2 Å². The number of hydrogen-bond donors (Lipinski definition) is 1. The van der Waals surface area contributed by atoms with Crippen molar-refractivity contribution < 1.29 is 9.21 Å². The molecular formula is C20H21N3O2. The van der Waals surface area contributed by atoms with Crippen LogP contribution >= 0.6 is 0 Å². The van der Waals surface area contributed by atoms with E-state index in [1.165, 1.54) is 11.8 Å². The van der Waals surface area contributed by atoms with Crippen LogP contribution in [0.15, 0.2) is 65.2 Å². The number of likely N-dealkylation sites (N-methyl/N-ethyl adjacent to an activating group) is 1. The van der Waals surface area contributed by atoms with Gasteiger partial charge >= 0.3 is 0 Å². The van der Waals surface area contributed by atoms with Crippen molar-refractivity contribution in [2.45, 2.75) is 12.5 Å². The molecule has 0 unspecified atom stereocenters. The maximum atomic E-state index is 12.6. The molecule has 0 spiro atoms. The predicted octanol–water partition coefficient (Wildman–Crippen LogP) is 3.33. The molecule has 2 N–H and O–H groups in total. The molecule has 5 nitrogen and oxygen atoms in total. The molecule has 0 amide bonds. The minimum atomic E-state index is -0.255. The number of ketones is 1. The summed E-state index contributed by atoms with van der Waals surface area (Å²) < 4.78 is 5.79. The summed E-state index contributed by atoms with van der Waals surface area (Å²) in [6.07, 6.45) is 2.22. The third-order valence-electron chi connectivity index (χ3n) is 4.13. The molecule has 1 aromatic heterocycles. The second-order valence-electron chi connectivity index (χ2n) is 6.15. The van der Waals surface area contributed by atoms with Crippen molar-refractivity contribution in [1.29, 1.82) is 0 Å². The fourth-order valence-electron chi connectivity index (χ4n) is 2.71. The Hall–Kier alpha value is -2.92. The lowest BCUT2D eigenvalue weighted by atomic mass is 10.1. The van der Waals surface area contributed by atoms with Gasteiger partial charge in [0.2, 0.25) is 11.7 Å². The van der Waals surface area contributed by atoms with Gasteiger partial charge in [-0.25, -0.2) is 4.98 Å². The topological polar surface area (TPSA) is 72.4 Å². The van der Waals surface area contributed by atoms with E-state index < -0.39 is 0 Å². The lowest BCUT2D eigenvalue weighted by Gasteiger charge is -2.21. The first-order valence-corrected chi connectivity index (χ1v) is 8.11. The second kappa shape index (κ2) is 7.32. The number of oxazole rings is 1. The first-order valence-electron chi connectivity index (χ1n) is 8.11. The zero-order valence-corrected chi connectivity index (χ0v) is 14.3. The maximum absolute atomic E-state index is 12.6. The zero-order valence-electron chi connectivity index (χ0n) is 14.3. The Morgan fingerprint density at radius 1 is 1.12 bits per heavy atom. The highest BCUT2D eigenvalue weighted by Crippen LogP contribution is 2.24. The zero-order chi connectivity index (χ0) is 17.8. The lowest BCUT2D eigenvalue weighted by molar-refractivity contribution is 0.100. The Morgan fingerprint density at radius 3 is 2.48 bits per heavy atom. The normalized spacial score (nSPS) is 12.3. The van der Waals surface area contributed by atoms with Gasteiger partial charge in [-0.1, -0.05) is 42.5 Å². The highest BCUT2D eigenvalue weighted by atomic mass is 16.4. The van der Waals surface area contributed by atoms with Crippen LogP contribution in [-0.4, -0.2) is 29.8 Å². The summed E-state index contributed by atoms with van der Waals surface area (Å²) in [6, 6.07) is 17.0. The van der Waals surface area contributed by atoms with E-state index in [1.807, 2.05) is 37.2 Å². The first-order chi connectivity index (χ1) is 12.1. The summed E-state index contributed by atoms with van der Waals surface area (Å²) in [7, 11) is 3.93. The van der Waals surface area contributed by atoms with Crippen molar-refractivity contribution in [3.63, 3.8) is 0 Å². The summed E-state index contributed by atoms with van der Waals surface area (Å²) >= 11 is 0. The summed E-state index contributed by atoms with van der Waals surface area (Å²) in [5.41, 5.74) is 7.92. The van der Waals surface area contributed by atoms with Crippen molar-refractivity contribution >= 4 is 11.5 Å². The minimum absolute atomic E-state index is 0.0583. The largest absolute Gasteiger partial charge is 0.435 e. The lowest BCUT2D eigenvalue weighted by Crippen LogP contribution is -2.22. The highest BCUT2D eigenvalue weighted by molar-refractivity contribution is 6.10. The van der Waals surface area contributed by atoms with E-state index in [2.05, 4.69) is 17.1 Å². The molecule has 3 aromatic rings. The molecule has 2 aromatic carbocycles. The van der Waals surface area contributed by atoms with Gasteiger partial charge in [0.15, 0.2) is 5.76 Å². The number of nitrogens with zero attached hydrogens (tertiary/aromatic N) is 2. The van der Waals surface area contributed by atoms with E-state index in [0.717, 1.165) is 6.42 Å². The Labute approximate surface area is 147 Å². The molecule has 0 saturated carbocycles. The number of para-hydroxylation sites is 1. The van der Waals surface area contributed by atoms with E-state index in [4.69, 9.17) is 10.2 Å². The molecule has 0 bridgehead atoms. The number of nitrogen functional groups attached to an aromatic ring is 1. The van der Waals surface area contributed by atoms with Gasteiger partial charge in [-0.15, -0.1) is 0 Å². The van der Waals surface area contributed by atoms with Crippen LogP contribution in [0, 0.1) is 0 Å². The van der Waals surface area contributed by atoms with Gasteiger partial charge in [0.25, 0.3) is 0 Å². The van der Waals surface area contributed by atoms with Gasteiger partial charge in [0.05, 0.1) is 12.2 Å². The van der Waals surface area contributed by atoms with Crippen LogP contribution in [0.4, 0.5) is 5.69 Å². The number of rotatable bonds is 6. The van der Waals surface area contributed by atoms with Crippen LogP contribution in [0.5, 0.6) is 0 Å². The first kappa shape index (κ1) is 16.9. The summed E-state index contributed by atoms with van der Waals surface area (Å²) in [5, 5.41) is 0. The van der Waals surface area contributed by atoms with E-state index in [1.54, 1.807) is 24.3 Å². The third-order valence-corrected chi connectivity index (χ3v) is 4.13. The number of aromatic nitrogens is 1. The Balaban J connectivity index is 1.85. The molecule has 0 aliphatic rings. The van der Waals surface area contributed by atoms with Crippen molar-refractivity contribution in [1.82, 2.24) is 9.88 Å². The number of hydrogen-bond acceptors (Lipinski definition) is 5. The molecule has 3 rings (SSSR count). The molecule has 128 valence electrons. The van der Waals surface area contributed by atoms with E-state index in [0.29, 0.717) is 17.1 Å². The van der Waals surface area contributed by atoms with E-state index in [9.17, 15) is 4.79 Å². The average Bonchev–Trinajstić information content (AvgIpc) is 3.10. The van der Waals surface area contributed by atoms with Gasteiger partial charge in [-0.3, -0.25) is 9.69 Å². The minimum Gasteiger partial charge on any atom is -0.435 e. The molecule has 0 aliphatic carbocycles. The monoisotopic (exact) mass is 335 g/mol. The SMILES string of the molecule is CN(C)[C@@H](Cc1ccccc1)c1ncc(C(=O)c2ccccc2N)o1. The Bertz CT molecular complexity index is 856. The van der Waals surface area contributed by atoms with E-state index >= 15 is 0 Å². The standard InChI is InChI=1S/C20H21N3O2/c1-23(2)17(12-14-8-4-3-5-9-14)20-22-13-18(25-20)19(24)15-10-6-7-11-16(15)21/h3-11,13,17H,12,21H2,1-2H3/t17-/m0/s1. The third kappa shape index (κ3) is 3.78. The van der Waals surface area contributed by atoms with Gasteiger partial charge in [-0.2, -0.15) is 0 Å². The van der Waals surface area contributed by atoms with Crippen LogP contribution in [0.25, 0.3) is 0 Å². The fourth-order valence-corrected chi connectivity index (χ4v) is 2.71. The summed E-state index contributed by atoms with van der Waals surface area (Å²) in [4.78, 5) is 19.0. The molecule has 0 fully saturated rings. The molecule has 1 heterocycles. The average molecular weight is 335 g/mol. The van der Waals surface area contributed by atoms with E-state index in [-0.39, 0.29) is 17.6 Å². The van der Waals surface area contributed by atoms with Crippen molar-refractivity contribution in [2.75, 3.05) is 19.8 Å². The Morgan fingerprint density at radius 2 is 1.80 bits per heavy atom. The second-order valence-corrected chi connectivity index (χ2v) is 6.15. The molecule has 0 radical (unpaired) electrons. The van der Waals surface area contributed by atoms with Gasteiger partial charge in [0, 0.05) is 11.3 Å². The number of benzene rings is 2. The maximum Gasteiger partial charge on any atom is 0.231 e. The van der Waals surface area contributed by atoms with Crippen molar-refractivity contribution in [3.8, 4) is 0 Å². The number of anilines is 1. The number of carbonyl (C=O) groups excluding carboxylic acids is 1. The molecule has 25 heavy (non-hydrogen) atoms. The number of nitrogens with two attached hydrogens (primary N) is 1. The smallest absolute Gasteiger partial charge is 0.231 e. The fraction of sp³-hybridized carbons (Fsp3) is 0.200. The van der Waals surface area contributed by atoms with Crippen LogP contribution in [-0.2, 0) is 6.42 Å². The van der Waals surface area contributed by atoms with Gasteiger partial charge < -0.3 is 10.2 Å². The predicted molar refractivity (Wildman–Crippen MR) is 97.4 cm³/mol. The quantitative estimate of drug-likeness (QED) is 0.552. The molecular weight excluding hydrogens is 314 g/mol. The van der Waals surface area contributed by atoms with Crippen molar-refractivity contribution in [3.05, 3.63) is 83.6 Å². The van der Waals surface area contributed by atoms with Crippen LogP contribution in [0.1, 0.15) is 33.6 Å². The molecule has 1 atom stereocenters. The summed E-state index contributed by atoms with van der Waals surface area (Å²) in [6.45, 7) is 0. The van der Waals surface area contributed by atoms with Gasteiger partial charge in [0.1, 0.15) is 0 Å². The Kier molecular flexibility index (Phi) is 4.95. The van der Waals surface area contributed by atoms with Crippen molar-refractivity contribution in [2.24, 2.45) is 0 Å². The van der Waals surface area contributed by atoms with Crippen LogP contribution in [0.3, 0.4) is 0 Å². The highest BCUT2D eigenvalue weighted by Gasteiger charge is 2.23. The molecule has 0 saturated heterocycles. The van der Waals surface area contributed by atoms with Crippen LogP contribution in [0.2, 0.25) is 0 Å². The number of carbonyl (C=O) groups is 1.